The quantitative estimate of drug-likeness (QED) is 0.907. The van der Waals surface area contributed by atoms with Crippen LogP contribution in [0.2, 0.25) is 0 Å². The van der Waals surface area contributed by atoms with E-state index in [1.54, 1.807) is 0 Å². The summed E-state index contributed by atoms with van der Waals surface area (Å²) in [6.07, 6.45) is 4.35. The largest absolute Gasteiger partial charge is 0.488 e. The summed E-state index contributed by atoms with van der Waals surface area (Å²) in [6.45, 7) is 5.49. The Morgan fingerprint density at radius 2 is 2.13 bits per heavy atom. The number of anilines is 1. The molecule has 2 aliphatic rings. The molecule has 1 aromatic carbocycles. The Hall–Kier alpha value is -1.59. The summed E-state index contributed by atoms with van der Waals surface area (Å²) in [5.41, 5.74) is 0.826. The number of benzene rings is 1. The maximum Gasteiger partial charge on any atom is 0.241 e. The summed E-state index contributed by atoms with van der Waals surface area (Å²) in [5.74, 6) is 0.927. The second-order valence-electron chi connectivity index (χ2n) is 6.26. The minimum Gasteiger partial charge on any atom is -0.488 e. The Labute approximate surface area is 137 Å². The second-order valence-corrected chi connectivity index (χ2v) is 6.26. The summed E-state index contributed by atoms with van der Waals surface area (Å²) < 4.78 is 11.1. The zero-order valence-corrected chi connectivity index (χ0v) is 13.8. The van der Waals surface area contributed by atoms with Crippen molar-refractivity contribution < 1.29 is 14.3 Å². The number of nitrogens with one attached hydrogen (secondary N) is 1. The SMILES string of the molecule is CCN1CCCC[C@H]1C(=O)Nc1ccc(O[C@@H]2CCOC2)cc1. The van der Waals surface area contributed by atoms with Gasteiger partial charge in [0.2, 0.25) is 5.91 Å². The molecule has 0 radical (unpaired) electrons. The summed E-state index contributed by atoms with van der Waals surface area (Å²) in [5, 5.41) is 3.04. The maximum atomic E-state index is 12.5. The standard InChI is InChI=1S/C18H26N2O3/c1-2-20-11-4-3-5-17(20)18(21)19-14-6-8-15(9-7-14)23-16-10-12-22-13-16/h6-9,16-17H,2-5,10-13H2,1H3,(H,19,21)/t16-,17+/m1/s1. The minimum atomic E-state index is 0.000291. The van der Waals surface area contributed by atoms with E-state index in [4.69, 9.17) is 9.47 Å². The van der Waals surface area contributed by atoms with Gasteiger partial charge in [0.15, 0.2) is 0 Å². The number of ether oxygens (including phenoxy) is 2. The van der Waals surface area contributed by atoms with Gasteiger partial charge in [-0.2, -0.15) is 0 Å². The smallest absolute Gasteiger partial charge is 0.241 e. The van der Waals surface area contributed by atoms with E-state index in [9.17, 15) is 4.79 Å². The number of hydrogen-bond donors (Lipinski definition) is 1. The number of likely N-dealkylation sites (N-methyl/N-ethyl adjacent to an activating group) is 1. The third-order valence-electron chi connectivity index (χ3n) is 4.64. The van der Waals surface area contributed by atoms with Crippen LogP contribution in [0.25, 0.3) is 0 Å². The molecular formula is C18H26N2O3. The van der Waals surface area contributed by atoms with Crippen LogP contribution < -0.4 is 10.1 Å². The van der Waals surface area contributed by atoms with Gasteiger partial charge in [0, 0.05) is 12.1 Å². The molecule has 0 aliphatic carbocycles. The molecule has 0 bridgehead atoms. The molecule has 2 saturated heterocycles. The van der Waals surface area contributed by atoms with Gasteiger partial charge in [-0.1, -0.05) is 13.3 Å². The maximum absolute atomic E-state index is 12.5. The number of likely N-dealkylation sites (tertiary alicyclic amines) is 1. The zero-order valence-electron chi connectivity index (χ0n) is 13.8. The van der Waals surface area contributed by atoms with Gasteiger partial charge in [-0.25, -0.2) is 0 Å². The van der Waals surface area contributed by atoms with Gasteiger partial charge in [-0.05, 0) is 50.2 Å². The third kappa shape index (κ3) is 4.24. The number of hydrogen-bond acceptors (Lipinski definition) is 4. The van der Waals surface area contributed by atoms with Crippen molar-refractivity contribution in [3.63, 3.8) is 0 Å². The van der Waals surface area contributed by atoms with Crippen molar-refractivity contribution in [2.45, 2.75) is 44.8 Å². The van der Waals surface area contributed by atoms with Gasteiger partial charge in [-0.3, -0.25) is 9.69 Å². The molecular weight excluding hydrogens is 292 g/mol. The van der Waals surface area contributed by atoms with Crippen LogP contribution >= 0.6 is 0 Å². The molecule has 2 fully saturated rings. The highest BCUT2D eigenvalue weighted by Gasteiger charge is 2.27. The minimum absolute atomic E-state index is 0.000291. The molecule has 0 saturated carbocycles. The Kier molecular flexibility index (Phi) is 5.51. The van der Waals surface area contributed by atoms with Crippen molar-refractivity contribution in [1.82, 2.24) is 4.90 Å². The highest BCUT2D eigenvalue weighted by Crippen LogP contribution is 2.22. The normalized spacial score (nSPS) is 25.3. The fourth-order valence-corrected chi connectivity index (χ4v) is 3.31. The first-order chi connectivity index (χ1) is 11.3. The molecule has 0 aromatic heterocycles. The van der Waals surface area contributed by atoms with Crippen LogP contribution in [0.15, 0.2) is 24.3 Å². The van der Waals surface area contributed by atoms with Gasteiger partial charge in [0.05, 0.1) is 19.3 Å². The van der Waals surface area contributed by atoms with Crippen molar-refractivity contribution in [3.05, 3.63) is 24.3 Å². The molecule has 2 aliphatic heterocycles. The van der Waals surface area contributed by atoms with Crippen LogP contribution in [-0.2, 0) is 9.53 Å². The van der Waals surface area contributed by atoms with E-state index >= 15 is 0 Å². The number of rotatable bonds is 5. The summed E-state index contributed by atoms with van der Waals surface area (Å²) in [4.78, 5) is 14.8. The van der Waals surface area contributed by atoms with E-state index in [2.05, 4.69) is 17.1 Å². The molecule has 1 aromatic rings. The predicted molar refractivity (Wildman–Crippen MR) is 89.8 cm³/mol. The highest BCUT2D eigenvalue weighted by molar-refractivity contribution is 5.94. The third-order valence-corrected chi connectivity index (χ3v) is 4.64. The molecule has 5 nitrogen and oxygen atoms in total. The van der Waals surface area contributed by atoms with Gasteiger partial charge in [-0.15, -0.1) is 0 Å². The number of carbonyl (C=O) groups excluding carboxylic acids is 1. The Balaban J connectivity index is 1.55. The molecule has 3 rings (SSSR count). The molecule has 1 amide bonds. The van der Waals surface area contributed by atoms with Gasteiger partial charge >= 0.3 is 0 Å². The predicted octanol–water partition coefficient (Wildman–Crippen LogP) is 2.67. The molecule has 23 heavy (non-hydrogen) atoms. The summed E-state index contributed by atoms with van der Waals surface area (Å²) in [7, 11) is 0. The summed E-state index contributed by atoms with van der Waals surface area (Å²) in [6, 6.07) is 7.63. The first-order valence-electron chi connectivity index (χ1n) is 8.65. The van der Waals surface area contributed by atoms with Crippen LogP contribution in [0, 0.1) is 0 Å². The topological polar surface area (TPSA) is 50.8 Å². The Morgan fingerprint density at radius 3 is 2.83 bits per heavy atom. The van der Waals surface area contributed by atoms with E-state index in [1.807, 2.05) is 24.3 Å². The number of nitrogens with zero attached hydrogens (tertiary/aromatic N) is 1. The monoisotopic (exact) mass is 318 g/mol. The molecule has 2 atom stereocenters. The van der Waals surface area contributed by atoms with E-state index < -0.39 is 0 Å². The molecule has 0 unspecified atom stereocenters. The fraction of sp³-hybridized carbons (Fsp3) is 0.611. The van der Waals surface area contributed by atoms with Crippen LogP contribution in [0.1, 0.15) is 32.6 Å². The lowest BCUT2D eigenvalue weighted by Crippen LogP contribution is -2.46. The van der Waals surface area contributed by atoms with Crippen LogP contribution in [0.5, 0.6) is 5.75 Å². The Bertz CT molecular complexity index is 512. The average molecular weight is 318 g/mol. The van der Waals surface area contributed by atoms with E-state index in [0.717, 1.165) is 50.4 Å². The Morgan fingerprint density at radius 1 is 1.30 bits per heavy atom. The van der Waals surface area contributed by atoms with E-state index in [1.165, 1.54) is 6.42 Å². The molecule has 0 spiro atoms. The van der Waals surface area contributed by atoms with E-state index in [-0.39, 0.29) is 18.1 Å². The first kappa shape index (κ1) is 16.3. The van der Waals surface area contributed by atoms with Crippen molar-refractivity contribution in [2.24, 2.45) is 0 Å². The fourth-order valence-electron chi connectivity index (χ4n) is 3.31. The van der Waals surface area contributed by atoms with Crippen LogP contribution in [0.4, 0.5) is 5.69 Å². The van der Waals surface area contributed by atoms with Crippen molar-refractivity contribution in [1.29, 1.82) is 0 Å². The number of piperidine rings is 1. The number of carbonyl (C=O) groups is 1. The lowest BCUT2D eigenvalue weighted by Gasteiger charge is -2.33. The van der Waals surface area contributed by atoms with Gasteiger partial charge < -0.3 is 14.8 Å². The van der Waals surface area contributed by atoms with Crippen molar-refractivity contribution in [2.75, 3.05) is 31.6 Å². The van der Waals surface area contributed by atoms with Crippen molar-refractivity contribution >= 4 is 11.6 Å². The molecule has 126 valence electrons. The van der Waals surface area contributed by atoms with E-state index in [0.29, 0.717) is 6.61 Å². The summed E-state index contributed by atoms with van der Waals surface area (Å²) >= 11 is 0. The molecule has 1 N–H and O–H groups in total. The highest BCUT2D eigenvalue weighted by atomic mass is 16.5. The van der Waals surface area contributed by atoms with Crippen molar-refractivity contribution in [3.8, 4) is 5.75 Å². The van der Waals surface area contributed by atoms with Crippen LogP contribution in [0.3, 0.4) is 0 Å². The van der Waals surface area contributed by atoms with Gasteiger partial charge in [0.25, 0.3) is 0 Å². The first-order valence-corrected chi connectivity index (χ1v) is 8.65. The average Bonchev–Trinajstić information content (AvgIpc) is 3.09. The lowest BCUT2D eigenvalue weighted by atomic mass is 10.0. The molecule has 2 heterocycles. The van der Waals surface area contributed by atoms with Gasteiger partial charge in [0.1, 0.15) is 11.9 Å². The second kappa shape index (κ2) is 7.79. The lowest BCUT2D eigenvalue weighted by molar-refractivity contribution is -0.122. The van der Waals surface area contributed by atoms with Crippen LogP contribution in [-0.4, -0.2) is 49.3 Å². The number of amides is 1. The molecule has 5 heteroatoms. The zero-order chi connectivity index (χ0) is 16.1.